The van der Waals surface area contributed by atoms with Gasteiger partial charge >= 0.3 is 0 Å². The minimum absolute atomic E-state index is 0.289. The van der Waals surface area contributed by atoms with Crippen molar-refractivity contribution in [2.24, 2.45) is 0 Å². The van der Waals surface area contributed by atoms with E-state index in [2.05, 4.69) is 32.1 Å². The van der Waals surface area contributed by atoms with Gasteiger partial charge in [0.25, 0.3) is 5.91 Å². The van der Waals surface area contributed by atoms with Crippen LogP contribution in [0.15, 0.2) is 24.3 Å². The Kier molecular flexibility index (Phi) is 5.75. The third-order valence-electron chi connectivity index (χ3n) is 4.53. The Morgan fingerprint density at radius 2 is 1.74 bits per heavy atom. The van der Waals surface area contributed by atoms with E-state index in [-0.39, 0.29) is 5.91 Å². The number of hydrogen-bond acceptors (Lipinski definition) is 7. The second-order valence-electron chi connectivity index (χ2n) is 6.47. The summed E-state index contributed by atoms with van der Waals surface area (Å²) in [5, 5.41) is 2.86. The number of nitrogens with zero attached hydrogens (tertiary/aromatic N) is 4. The maximum absolute atomic E-state index is 12.7. The Balaban J connectivity index is 1.78. The number of benzene rings is 1. The van der Waals surface area contributed by atoms with E-state index in [4.69, 9.17) is 9.47 Å². The third kappa shape index (κ3) is 4.46. The van der Waals surface area contributed by atoms with E-state index >= 15 is 0 Å². The lowest BCUT2D eigenvalue weighted by atomic mass is 10.2. The van der Waals surface area contributed by atoms with Crippen LogP contribution in [0.1, 0.15) is 16.3 Å². The van der Waals surface area contributed by atoms with Gasteiger partial charge in [0.15, 0.2) is 11.5 Å². The van der Waals surface area contributed by atoms with E-state index in [1.165, 1.54) is 0 Å². The molecule has 0 saturated carbocycles. The highest BCUT2D eigenvalue weighted by molar-refractivity contribution is 6.03. The van der Waals surface area contributed by atoms with Gasteiger partial charge in [-0.3, -0.25) is 4.79 Å². The number of rotatable bonds is 5. The van der Waals surface area contributed by atoms with Gasteiger partial charge in [-0.1, -0.05) is 0 Å². The van der Waals surface area contributed by atoms with E-state index in [9.17, 15) is 4.79 Å². The standard InChI is InChI=1S/C19H25N5O3/c1-13-20-15(12-18(21-13)24-9-7-23(2)8-10-24)19(25)22-14-5-6-16(26-3)17(11-14)27-4/h5-6,11-12H,7-10H2,1-4H3,(H,22,25). The summed E-state index contributed by atoms with van der Waals surface area (Å²) in [6.07, 6.45) is 0. The summed E-state index contributed by atoms with van der Waals surface area (Å²) in [6.45, 7) is 5.49. The molecule has 2 aromatic rings. The largest absolute Gasteiger partial charge is 0.493 e. The molecule has 1 aromatic heterocycles. The summed E-state index contributed by atoms with van der Waals surface area (Å²) >= 11 is 0. The van der Waals surface area contributed by atoms with E-state index in [0.717, 1.165) is 32.0 Å². The quantitative estimate of drug-likeness (QED) is 0.858. The molecule has 1 amide bonds. The Bertz CT molecular complexity index is 819. The van der Waals surface area contributed by atoms with Crippen LogP contribution in [-0.2, 0) is 0 Å². The van der Waals surface area contributed by atoms with Crippen LogP contribution in [0, 0.1) is 6.92 Å². The van der Waals surface area contributed by atoms with Crippen LogP contribution in [0.4, 0.5) is 11.5 Å². The lowest BCUT2D eigenvalue weighted by Crippen LogP contribution is -2.45. The number of carbonyl (C=O) groups excluding carboxylic acids is 1. The topological polar surface area (TPSA) is 79.8 Å². The fourth-order valence-corrected chi connectivity index (χ4v) is 2.97. The number of anilines is 2. The van der Waals surface area contributed by atoms with Crippen molar-refractivity contribution in [2.45, 2.75) is 6.92 Å². The number of carbonyl (C=O) groups is 1. The first kappa shape index (κ1) is 18.9. The van der Waals surface area contributed by atoms with E-state index in [0.29, 0.717) is 28.7 Å². The molecule has 1 aliphatic rings. The Labute approximate surface area is 159 Å². The number of amides is 1. The zero-order chi connectivity index (χ0) is 19.4. The molecule has 1 saturated heterocycles. The molecule has 8 heteroatoms. The van der Waals surface area contributed by atoms with Gasteiger partial charge in [-0.25, -0.2) is 9.97 Å². The number of likely N-dealkylation sites (N-methyl/N-ethyl adjacent to an activating group) is 1. The number of aromatic nitrogens is 2. The highest BCUT2D eigenvalue weighted by atomic mass is 16.5. The molecule has 1 N–H and O–H groups in total. The van der Waals surface area contributed by atoms with Crippen molar-refractivity contribution < 1.29 is 14.3 Å². The minimum atomic E-state index is -0.289. The van der Waals surface area contributed by atoms with Crippen molar-refractivity contribution in [3.8, 4) is 11.5 Å². The van der Waals surface area contributed by atoms with Crippen molar-refractivity contribution in [1.82, 2.24) is 14.9 Å². The molecule has 0 radical (unpaired) electrons. The predicted octanol–water partition coefficient (Wildman–Crippen LogP) is 1.81. The molecule has 1 aliphatic heterocycles. The molecule has 0 bridgehead atoms. The van der Waals surface area contributed by atoms with Crippen molar-refractivity contribution in [1.29, 1.82) is 0 Å². The number of hydrogen-bond donors (Lipinski definition) is 1. The molecule has 2 heterocycles. The van der Waals surface area contributed by atoms with Gasteiger partial charge < -0.3 is 24.6 Å². The van der Waals surface area contributed by atoms with Crippen molar-refractivity contribution in [2.75, 3.05) is 57.7 Å². The number of ether oxygens (including phenoxy) is 2. The van der Waals surface area contributed by atoms with Crippen LogP contribution in [0.25, 0.3) is 0 Å². The van der Waals surface area contributed by atoms with Gasteiger partial charge in [0.05, 0.1) is 14.2 Å². The molecule has 27 heavy (non-hydrogen) atoms. The van der Waals surface area contributed by atoms with Crippen LogP contribution in [0.2, 0.25) is 0 Å². The first-order valence-electron chi connectivity index (χ1n) is 8.82. The van der Waals surface area contributed by atoms with Crippen molar-refractivity contribution in [3.63, 3.8) is 0 Å². The Hall–Kier alpha value is -2.87. The predicted molar refractivity (Wildman–Crippen MR) is 104 cm³/mol. The normalized spacial score (nSPS) is 14.7. The third-order valence-corrected chi connectivity index (χ3v) is 4.53. The highest BCUT2D eigenvalue weighted by Crippen LogP contribution is 2.30. The van der Waals surface area contributed by atoms with Crippen molar-refractivity contribution >= 4 is 17.4 Å². The Morgan fingerprint density at radius 3 is 2.41 bits per heavy atom. The monoisotopic (exact) mass is 371 g/mol. The van der Waals surface area contributed by atoms with Gasteiger partial charge in [0.1, 0.15) is 17.3 Å². The molecule has 1 aromatic carbocycles. The number of piperazine rings is 1. The van der Waals surface area contributed by atoms with Gasteiger partial charge in [-0.2, -0.15) is 0 Å². The van der Waals surface area contributed by atoms with Gasteiger partial charge in [0.2, 0.25) is 0 Å². The van der Waals surface area contributed by atoms with Crippen LogP contribution < -0.4 is 19.7 Å². The van der Waals surface area contributed by atoms with Gasteiger partial charge in [0, 0.05) is 44.0 Å². The average molecular weight is 371 g/mol. The molecule has 1 fully saturated rings. The average Bonchev–Trinajstić information content (AvgIpc) is 2.67. The molecule has 144 valence electrons. The molecular weight excluding hydrogens is 346 g/mol. The SMILES string of the molecule is COc1ccc(NC(=O)c2cc(N3CCN(C)CC3)nc(C)n2)cc1OC. The van der Waals surface area contributed by atoms with Gasteiger partial charge in [-0.15, -0.1) is 0 Å². The van der Waals surface area contributed by atoms with Crippen LogP contribution >= 0.6 is 0 Å². The highest BCUT2D eigenvalue weighted by Gasteiger charge is 2.19. The van der Waals surface area contributed by atoms with Gasteiger partial charge in [-0.05, 0) is 26.1 Å². The summed E-state index contributed by atoms with van der Waals surface area (Å²) in [4.78, 5) is 26.0. The maximum Gasteiger partial charge on any atom is 0.274 e. The number of methoxy groups -OCH3 is 2. The Morgan fingerprint density at radius 1 is 1.04 bits per heavy atom. The van der Waals surface area contributed by atoms with E-state index in [1.54, 1.807) is 45.4 Å². The molecule has 8 nitrogen and oxygen atoms in total. The molecule has 3 rings (SSSR count). The lowest BCUT2D eigenvalue weighted by Gasteiger charge is -2.33. The second-order valence-corrected chi connectivity index (χ2v) is 6.47. The molecule has 0 aliphatic carbocycles. The minimum Gasteiger partial charge on any atom is -0.493 e. The first-order chi connectivity index (χ1) is 13.0. The molecule has 0 atom stereocenters. The van der Waals surface area contributed by atoms with Crippen LogP contribution in [-0.4, -0.2) is 68.2 Å². The summed E-state index contributed by atoms with van der Waals surface area (Å²) in [6, 6.07) is 6.96. The summed E-state index contributed by atoms with van der Waals surface area (Å²) < 4.78 is 10.5. The van der Waals surface area contributed by atoms with Crippen LogP contribution in [0.3, 0.4) is 0 Å². The maximum atomic E-state index is 12.7. The second kappa shape index (κ2) is 8.22. The summed E-state index contributed by atoms with van der Waals surface area (Å²) in [7, 11) is 5.23. The van der Waals surface area contributed by atoms with E-state index in [1.807, 2.05) is 0 Å². The van der Waals surface area contributed by atoms with E-state index < -0.39 is 0 Å². The summed E-state index contributed by atoms with van der Waals surface area (Å²) in [5.74, 6) is 2.22. The molecule has 0 unspecified atom stereocenters. The number of aryl methyl sites for hydroxylation is 1. The van der Waals surface area contributed by atoms with Crippen LogP contribution in [0.5, 0.6) is 11.5 Å². The fourth-order valence-electron chi connectivity index (χ4n) is 2.97. The molecule has 0 spiro atoms. The fraction of sp³-hybridized carbons (Fsp3) is 0.421. The zero-order valence-corrected chi connectivity index (χ0v) is 16.2. The molecular formula is C19H25N5O3. The lowest BCUT2D eigenvalue weighted by molar-refractivity contribution is 0.102. The first-order valence-corrected chi connectivity index (χ1v) is 8.82. The number of nitrogens with one attached hydrogen (secondary N) is 1. The van der Waals surface area contributed by atoms with Crippen molar-refractivity contribution in [3.05, 3.63) is 35.8 Å². The summed E-state index contributed by atoms with van der Waals surface area (Å²) in [5.41, 5.74) is 0.946. The zero-order valence-electron chi connectivity index (χ0n) is 16.2. The smallest absolute Gasteiger partial charge is 0.274 e.